The number of hydrogen-bond acceptors (Lipinski definition) is 4. The quantitative estimate of drug-likeness (QED) is 0.723. The molecule has 0 atom stereocenters. The van der Waals surface area contributed by atoms with Gasteiger partial charge in [0.05, 0.1) is 0 Å². The number of benzene rings is 1. The molecular formula is C10H8N3O. The summed E-state index contributed by atoms with van der Waals surface area (Å²) < 4.78 is 5.42. The molecular weight excluding hydrogens is 178 g/mol. The fourth-order valence-corrected chi connectivity index (χ4v) is 0.953. The fourth-order valence-electron chi connectivity index (χ4n) is 0.953. The van der Waals surface area contributed by atoms with Crippen molar-refractivity contribution in [1.82, 2.24) is 15.0 Å². The van der Waals surface area contributed by atoms with Gasteiger partial charge < -0.3 is 4.74 Å². The van der Waals surface area contributed by atoms with Crippen LogP contribution in [-0.2, 0) is 6.61 Å². The minimum Gasteiger partial charge on any atom is -0.486 e. The van der Waals surface area contributed by atoms with Gasteiger partial charge in [-0.25, -0.2) is 15.0 Å². The van der Waals surface area contributed by atoms with E-state index in [0.29, 0.717) is 12.4 Å². The van der Waals surface area contributed by atoms with Crippen LogP contribution in [0.15, 0.2) is 36.9 Å². The lowest BCUT2D eigenvalue weighted by Crippen LogP contribution is -2.00. The Morgan fingerprint density at radius 2 is 1.86 bits per heavy atom. The summed E-state index contributed by atoms with van der Waals surface area (Å²) in [4.78, 5) is 11.6. The smallest absolute Gasteiger partial charge is 0.169 e. The van der Waals surface area contributed by atoms with Gasteiger partial charge in [-0.3, -0.25) is 0 Å². The van der Waals surface area contributed by atoms with E-state index in [1.165, 1.54) is 12.7 Å². The minimum atomic E-state index is 0.354. The first-order chi connectivity index (χ1) is 6.95. The summed E-state index contributed by atoms with van der Waals surface area (Å²) in [7, 11) is 0. The van der Waals surface area contributed by atoms with Gasteiger partial charge in [0.1, 0.15) is 25.0 Å². The van der Waals surface area contributed by atoms with Crippen LogP contribution in [0.3, 0.4) is 0 Å². The topological polar surface area (TPSA) is 47.9 Å². The van der Waals surface area contributed by atoms with E-state index in [-0.39, 0.29) is 0 Å². The van der Waals surface area contributed by atoms with E-state index >= 15 is 0 Å². The molecule has 69 valence electrons. The van der Waals surface area contributed by atoms with Crippen LogP contribution in [0, 0.1) is 6.07 Å². The first-order valence-corrected chi connectivity index (χ1v) is 4.15. The van der Waals surface area contributed by atoms with Crippen molar-refractivity contribution >= 4 is 0 Å². The van der Waals surface area contributed by atoms with E-state index in [1.54, 1.807) is 12.1 Å². The highest BCUT2D eigenvalue weighted by Gasteiger charge is 1.95. The summed E-state index contributed by atoms with van der Waals surface area (Å²) >= 11 is 0. The zero-order valence-electron chi connectivity index (χ0n) is 7.42. The van der Waals surface area contributed by atoms with Gasteiger partial charge in [0.2, 0.25) is 0 Å². The summed E-state index contributed by atoms with van der Waals surface area (Å²) in [6.07, 6.45) is 2.90. The summed E-state index contributed by atoms with van der Waals surface area (Å²) in [5, 5.41) is 0. The van der Waals surface area contributed by atoms with Crippen molar-refractivity contribution in [2.75, 3.05) is 0 Å². The van der Waals surface area contributed by atoms with Gasteiger partial charge in [-0.2, -0.15) is 0 Å². The van der Waals surface area contributed by atoms with Crippen LogP contribution in [0.5, 0.6) is 5.75 Å². The molecule has 2 rings (SSSR count). The molecule has 0 N–H and O–H groups in total. The van der Waals surface area contributed by atoms with E-state index in [4.69, 9.17) is 4.74 Å². The maximum atomic E-state index is 5.42. The van der Waals surface area contributed by atoms with Gasteiger partial charge in [-0.05, 0) is 18.2 Å². The van der Waals surface area contributed by atoms with E-state index in [2.05, 4.69) is 21.0 Å². The van der Waals surface area contributed by atoms with E-state index in [0.717, 1.165) is 5.75 Å². The Morgan fingerprint density at radius 3 is 2.57 bits per heavy atom. The van der Waals surface area contributed by atoms with Crippen LogP contribution in [0.2, 0.25) is 0 Å². The average Bonchev–Trinajstić information content (AvgIpc) is 2.29. The third kappa shape index (κ3) is 2.26. The normalized spacial score (nSPS) is 9.71. The van der Waals surface area contributed by atoms with Crippen molar-refractivity contribution in [3.05, 3.63) is 48.8 Å². The first-order valence-electron chi connectivity index (χ1n) is 4.15. The summed E-state index contributed by atoms with van der Waals surface area (Å²) in [6, 6.07) is 10.2. The number of hydrogen-bond donors (Lipinski definition) is 0. The third-order valence-electron chi connectivity index (χ3n) is 1.60. The van der Waals surface area contributed by atoms with Crippen LogP contribution in [0.4, 0.5) is 0 Å². The van der Waals surface area contributed by atoms with E-state index in [1.807, 2.05) is 12.1 Å². The van der Waals surface area contributed by atoms with Crippen molar-refractivity contribution in [3.63, 3.8) is 0 Å². The second-order valence-electron chi connectivity index (χ2n) is 2.58. The molecule has 0 aliphatic carbocycles. The van der Waals surface area contributed by atoms with Gasteiger partial charge >= 0.3 is 0 Å². The van der Waals surface area contributed by atoms with Gasteiger partial charge in [-0.15, -0.1) is 0 Å². The average molecular weight is 186 g/mol. The second kappa shape index (κ2) is 4.32. The molecule has 0 aliphatic rings. The molecule has 0 fully saturated rings. The molecule has 1 heterocycles. The van der Waals surface area contributed by atoms with Crippen LogP contribution in [-0.4, -0.2) is 15.0 Å². The lowest BCUT2D eigenvalue weighted by Gasteiger charge is -2.03. The van der Waals surface area contributed by atoms with Crippen LogP contribution < -0.4 is 4.74 Å². The Bertz CT molecular complexity index is 338. The minimum absolute atomic E-state index is 0.354. The molecule has 4 nitrogen and oxygen atoms in total. The first kappa shape index (κ1) is 8.62. The van der Waals surface area contributed by atoms with Gasteiger partial charge in [0, 0.05) is 0 Å². The van der Waals surface area contributed by atoms with Gasteiger partial charge in [0.25, 0.3) is 0 Å². The highest BCUT2D eigenvalue weighted by Crippen LogP contribution is 2.08. The highest BCUT2D eigenvalue weighted by atomic mass is 16.5. The largest absolute Gasteiger partial charge is 0.486 e. The van der Waals surface area contributed by atoms with Crippen molar-refractivity contribution < 1.29 is 4.74 Å². The number of aromatic nitrogens is 3. The van der Waals surface area contributed by atoms with Crippen LogP contribution in [0.1, 0.15) is 5.82 Å². The zero-order chi connectivity index (χ0) is 9.64. The predicted octanol–water partition coefficient (Wildman–Crippen LogP) is 1.25. The maximum absolute atomic E-state index is 5.42. The molecule has 1 aromatic carbocycles. The molecule has 4 heteroatoms. The molecule has 0 saturated heterocycles. The molecule has 0 saturated carbocycles. The monoisotopic (exact) mass is 186 g/mol. The van der Waals surface area contributed by atoms with E-state index in [9.17, 15) is 0 Å². The van der Waals surface area contributed by atoms with Crippen molar-refractivity contribution in [3.8, 4) is 5.75 Å². The lowest BCUT2D eigenvalue weighted by molar-refractivity contribution is 0.295. The second-order valence-corrected chi connectivity index (χ2v) is 2.58. The third-order valence-corrected chi connectivity index (χ3v) is 1.60. The van der Waals surface area contributed by atoms with Crippen LogP contribution >= 0.6 is 0 Å². The molecule has 0 aliphatic heterocycles. The molecule has 1 radical (unpaired) electrons. The molecule has 0 unspecified atom stereocenters. The SMILES string of the molecule is [c]1ccc(OCc2ncncn2)cc1. The highest BCUT2D eigenvalue weighted by molar-refractivity contribution is 5.20. The zero-order valence-corrected chi connectivity index (χ0v) is 7.42. The Balaban J connectivity index is 1.96. The maximum Gasteiger partial charge on any atom is 0.169 e. The molecule has 2 aromatic rings. The standard InChI is InChI=1S/C10H8N3O/c1-2-4-9(5-3-1)14-6-10-12-7-11-8-13-10/h2-5,7-8H,6H2. The number of nitrogens with zero attached hydrogens (tertiary/aromatic N) is 3. The fraction of sp³-hybridized carbons (Fsp3) is 0.100. The van der Waals surface area contributed by atoms with Gasteiger partial charge in [0.15, 0.2) is 5.82 Å². The lowest BCUT2D eigenvalue weighted by atomic mass is 10.3. The Kier molecular flexibility index (Phi) is 2.66. The number of rotatable bonds is 3. The molecule has 0 spiro atoms. The Hall–Kier alpha value is -1.97. The molecule has 14 heavy (non-hydrogen) atoms. The molecule has 1 aromatic heterocycles. The molecule has 0 amide bonds. The summed E-state index contributed by atoms with van der Waals surface area (Å²) in [5.41, 5.74) is 0. The van der Waals surface area contributed by atoms with E-state index < -0.39 is 0 Å². The van der Waals surface area contributed by atoms with Crippen molar-refractivity contribution in [1.29, 1.82) is 0 Å². The number of ether oxygens (including phenoxy) is 1. The Labute approximate surface area is 81.6 Å². The van der Waals surface area contributed by atoms with Crippen LogP contribution in [0.25, 0.3) is 0 Å². The predicted molar refractivity (Wildman–Crippen MR) is 49.4 cm³/mol. The molecule has 0 bridgehead atoms. The van der Waals surface area contributed by atoms with Gasteiger partial charge in [-0.1, -0.05) is 12.1 Å². The summed E-state index contributed by atoms with van der Waals surface area (Å²) in [6.45, 7) is 0.354. The summed E-state index contributed by atoms with van der Waals surface area (Å²) in [5.74, 6) is 1.40. The Morgan fingerprint density at radius 1 is 1.14 bits per heavy atom. The van der Waals surface area contributed by atoms with Crippen molar-refractivity contribution in [2.24, 2.45) is 0 Å². The van der Waals surface area contributed by atoms with Crippen molar-refractivity contribution in [2.45, 2.75) is 6.61 Å².